The monoisotopic (exact) mass is 533 g/mol. The first-order valence-electron chi connectivity index (χ1n) is 11.8. The van der Waals surface area contributed by atoms with Gasteiger partial charge in [-0.3, -0.25) is 19.2 Å². The van der Waals surface area contributed by atoms with E-state index in [4.69, 9.17) is 5.73 Å². The molecule has 0 aromatic rings. The van der Waals surface area contributed by atoms with E-state index in [9.17, 15) is 29.1 Å². The van der Waals surface area contributed by atoms with Crippen LogP contribution >= 0.6 is 25.3 Å². The first-order valence-corrected chi connectivity index (χ1v) is 13.1. The number of carboxylic acids is 1. The smallest absolute Gasteiger partial charge is 0.327 e. The number of amides is 4. The Bertz CT molecular complexity index is 783. The van der Waals surface area contributed by atoms with Gasteiger partial charge < -0.3 is 31.7 Å². The summed E-state index contributed by atoms with van der Waals surface area (Å²) < 4.78 is 0. The number of nitrogens with one attached hydrogen (secondary N) is 3. The van der Waals surface area contributed by atoms with E-state index in [1.165, 1.54) is 4.90 Å². The fraction of sp³-hybridized carbons (Fsp3) is 0.773. The van der Waals surface area contributed by atoms with E-state index < -0.39 is 59.8 Å². The van der Waals surface area contributed by atoms with Crippen LogP contribution in [0.2, 0.25) is 0 Å². The highest BCUT2D eigenvalue weighted by Crippen LogP contribution is 2.20. The Labute approximate surface area is 217 Å². The number of nitrogens with zero attached hydrogens (tertiary/aromatic N) is 1. The Kier molecular flexibility index (Phi) is 12.9. The van der Waals surface area contributed by atoms with E-state index in [1.54, 1.807) is 20.8 Å². The van der Waals surface area contributed by atoms with Gasteiger partial charge in [-0.15, -0.1) is 0 Å². The third-order valence-corrected chi connectivity index (χ3v) is 6.98. The number of hydrogen-bond acceptors (Lipinski definition) is 8. The Morgan fingerprint density at radius 3 is 2.06 bits per heavy atom. The second kappa shape index (κ2) is 14.5. The van der Waals surface area contributed by atoms with Gasteiger partial charge >= 0.3 is 5.97 Å². The molecule has 0 radical (unpaired) electrons. The number of likely N-dealkylation sites (tertiary alicyclic amines) is 1. The predicted molar refractivity (Wildman–Crippen MR) is 138 cm³/mol. The summed E-state index contributed by atoms with van der Waals surface area (Å²) in [6, 6.07) is -4.76. The van der Waals surface area contributed by atoms with Crippen LogP contribution in [0.15, 0.2) is 0 Å². The van der Waals surface area contributed by atoms with Crippen molar-refractivity contribution >= 4 is 54.9 Å². The molecule has 1 saturated heterocycles. The summed E-state index contributed by atoms with van der Waals surface area (Å²) in [6.07, 6.45) is 1.51. The Hall–Kier alpha value is -1.99. The average molecular weight is 534 g/mol. The van der Waals surface area contributed by atoms with E-state index in [0.29, 0.717) is 25.8 Å². The maximum atomic E-state index is 13.2. The van der Waals surface area contributed by atoms with E-state index in [2.05, 4.69) is 41.2 Å². The van der Waals surface area contributed by atoms with E-state index >= 15 is 0 Å². The van der Waals surface area contributed by atoms with Crippen molar-refractivity contribution in [3.8, 4) is 0 Å². The Balaban J connectivity index is 2.98. The zero-order chi connectivity index (χ0) is 26.9. The molecular formula is C22H39N5O6S2. The van der Waals surface area contributed by atoms with E-state index in [0.717, 1.165) is 0 Å². The van der Waals surface area contributed by atoms with Crippen molar-refractivity contribution in [1.82, 2.24) is 20.9 Å². The second-order valence-electron chi connectivity index (χ2n) is 9.16. The maximum Gasteiger partial charge on any atom is 0.327 e. The lowest BCUT2D eigenvalue weighted by molar-refractivity contribution is -0.143. The van der Waals surface area contributed by atoms with Gasteiger partial charge in [-0.05, 0) is 24.7 Å². The predicted octanol–water partition coefficient (Wildman–Crippen LogP) is -0.595. The van der Waals surface area contributed by atoms with Crippen molar-refractivity contribution in [3.05, 3.63) is 0 Å². The van der Waals surface area contributed by atoms with Crippen LogP contribution in [0, 0.1) is 11.8 Å². The number of rotatable bonds is 13. The molecule has 13 heteroatoms. The highest BCUT2D eigenvalue weighted by Gasteiger charge is 2.39. The van der Waals surface area contributed by atoms with Crippen molar-refractivity contribution < 1.29 is 29.1 Å². The van der Waals surface area contributed by atoms with E-state index in [1.807, 2.05) is 6.92 Å². The number of nitrogens with two attached hydrogens (primary N) is 1. The van der Waals surface area contributed by atoms with Crippen molar-refractivity contribution in [2.75, 3.05) is 18.1 Å². The summed E-state index contributed by atoms with van der Waals surface area (Å²) in [4.78, 5) is 64.2. The fourth-order valence-corrected chi connectivity index (χ4v) is 4.15. The van der Waals surface area contributed by atoms with E-state index in [-0.39, 0.29) is 23.3 Å². The molecule has 0 aromatic carbocycles. The van der Waals surface area contributed by atoms with Gasteiger partial charge in [0.25, 0.3) is 0 Å². The molecule has 0 saturated carbocycles. The minimum atomic E-state index is -1.23. The Morgan fingerprint density at radius 2 is 1.57 bits per heavy atom. The third kappa shape index (κ3) is 8.57. The third-order valence-electron chi connectivity index (χ3n) is 6.25. The highest BCUT2D eigenvalue weighted by atomic mass is 32.1. The van der Waals surface area contributed by atoms with Crippen molar-refractivity contribution in [2.45, 2.75) is 77.2 Å². The molecule has 0 aromatic heterocycles. The standard InChI is InChI=1S/C22H39N5O6S2/c1-5-12(4)17(20(30)25-14(10-35)22(32)33)26-18(28)15-7-6-8-27(15)21(31)13(9-34)24-19(29)16(23)11(2)3/h11-17,34-35H,5-10,23H2,1-4H3,(H,24,29)(H,25,30)(H,26,28)(H,32,33)/t12-,13-,14-,15-,16-,17-/m0/s1. The Morgan fingerprint density at radius 1 is 1.00 bits per heavy atom. The summed E-state index contributed by atoms with van der Waals surface area (Å²) in [5.41, 5.74) is 5.87. The minimum Gasteiger partial charge on any atom is -0.480 e. The molecule has 1 aliphatic rings. The lowest BCUT2D eigenvalue weighted by Crippen LogP contribution is -2.59. The van der Waals surface area contributed by atoms with Crippen LogP contribution in [0.3, 0.4) is 0 Å². The van der Waals surface area contributed by atoms with Crippen molar-refractivity contribution in [2.24, 2.45) is 17.6 Å². The second-order valence-corrected chi connectivity index (χ2v) is 9.89. The quantitative estimate of drug-likeness (QED) is 0.155. The molecule has 1 rings (SSSR count). The SMILES string of the molecule is CC[C@H](C)[C@H](NC(=O)[C@@H]1CCCN1C(=O)[C@H](CS)NC(=O)[C@@H](N)C(C)C)C(=O)N[C@@H](CS)C(=O)O. The molecule has 6 N–H and O–H groups in total. The van der Waals surface area contributed by atoms with Gasteiger partial charge in [0.2, 0.25) is 23.6 Å². The van der Waals surface area contributed by atoms with Gasteiger partial charge in [-0.2, -0.15) is 25.3 Å². The molecule has 1 fully saturated rings. The summed E-state index contributed by atoms with van der Waals surface area (Å²) in [5.74, 6) is -3.80. The van der Waals surface area contributed by atoms with Crippen LogP contribution in [0.25, 0.3) is 0 Å². The molecule has 200 valence electrons. The minimum absolute atomic E-state index is 0.0262. The van der Waals surface area contributed by atoms with Crippen molar-refractivity contribution in [1.29, 1.82) is 0 Å². The average Bonchev–Trinajstić information content (AvgIpc) is 3.32. The zero-order valence-corrected chi connectivity index (χ0v) is 22.5. The first-order chi connectivity index (χ1) is 16.4. The van der Waals surface area contributed by atoms with Gasteiger partial charge in [-0.1, -0.05) is 34.1 Å². The molecular weight excluding hydrogens is 494 g/mol. The lowest BCUT2D eigenvalue weighted by atomic mass is 9.97. The molecule has 4 amide bonds. The van der Waals surface area contributed by atoms with Crippen LogP contribution in [-0.4, -0.2) is 87.9 Å². The number of carbonyl (C=O) groups excluding carboxylic acids is 4. The molecule has 0 unspecified atom stereocenters. The number of aliphatic carboxylic acids is 1. The van der Waals surface area contributed by atoms with Gasteiger partial charge in [0.1, 0.15) is 24.2 Å². The highest BCUT2D eigenvalue weighted by molar-refractivity contribution is 7.80. The van der Waals surface area contributed by atoms with Gasteiger partial charge in [0.05, 0.1) is 6.04 Å². The van der Waals surface area contributed by atoms with Gasteiger partial charge in [0, 0.05) is 18.1 Å². The lowest BCUT2D eigenvalue weighted by Gasteiger charge is -2.31. The molecule has 0 aliphatic carbocycles. The van der Waals surface area contributed by atoms with Crippen LogP contribution in [-0.2, 0) is 24.0 Å². The summed E-state index contributed by atoms with van der Waals surface area (Å²) >= 11 is 8.14. The van der Waals surface area contributed by atoms with Crippen LogP contribution < -0.4 is 21.7 Å². The van der Waals surface area contributed by atoms with Crippen LogP contribution in [0.5, 0.6) is 0 Å². The first kappa shape index (κ1) is 31.0. The van der Waals surface area contributed by atoms with Gasteiger partial charge in [-0.25, -0.2) is 4.79 Å². The number of carboxylic acid groups (broad SMARTS) is 1. The number of hydrogen-bond donors (Lipinski definition) is 7. The molecule has 1 aliphatic heterocycles. The van der Waals surface area contributed by atoms with Crippen molar-refractivity contribution in [3.63, 3.8) is 0 Å². The molecule has 0 bridgehead atoms. The number of carbonyl (C=O) groups is 5. The summed E-state index contributed by atoms with van der Waals surface area (Å²) in [7, 11) is 0. The normalized spacial score (nSPS) is 19.9. The zero-order valence-electron chi connectivity index (χ0n) is 20.7. The number of thiol groups is 2. The largest absolute Gasteiger partial charge is 0.480 e. The molecule has 11 nitrogen and oxygen atoms in total. The maximum absolute atomic E-state index is 13.2. The van der Waals surface area contributed by atoms with Gasteiger partial charge in [0.15, 0.2) is 0 Å². The fourth-order valence-electron chi connectivity index (χ4n) is 3.66. The van der Waals surface area contributed by atoms with Crippen LogP contribution in [0.4, 0.5) is 0 Å². The molecule has 1 heterocycles. The molecule has 6 atom stereocenters. The molecule has 35 heavy (non-hydrogen) atoms. The summed E-state index contributed by atoms with van der Waals surface area (Å²) in [5, 5.41) is 16.9. The van der Waals surface area contributed by atoms with Crippen LogP contribution in [0.1, 0.15) is 47.0 Å². The summed E-state index contributed by atoms with van der Waals surface area (Å²) in [6.45, 7) is 7.51. The topological polar surface area (TPSA) is 171 Å². The molecule has 0 spiro atoms.